The molecule has 27 heavy (non-hydrogen) atoms. The molecule has 0 aliphatic carbocycles. The second-order valence-corrected chi connectivity index (χ2v) is 9.43. The molecular weight excluding hydrogens is 386 g/mol. The van der Waals surface area contributed by atoms with Crippen molar-refractivity contribution < 1.29 is 17.9 Å². The van der Waals surface area contributed by atoms with Crippen LogP contribution in [0.5, 0.6) is 5.75 Å². The van der Waals surface area contributed by atoms with E-state index in [0.717, 1.165) is 11.1 Å². The fourth-order valence-electron chi connectivity index (χ4n) is 3.22. The van der Waals surface area contributed by atoms with E-state index in [1.165, 1.54) is 0 Å². The molecule has 0 spiro atoms. The maximum Gasteiger partial charge on any atom is 0.261 e. The Morgan fingerprint density at radius 3 is 2.59 bits per heavy atom. The number of benzene rings is 2. The molecule has 7 heteroatoms. The van der Waals surface area contributed by atoms with Gasteiger partial charge in [-0.3, -0.25) is 4.79 Å². The van der Waals surface area contributed by atoms with E-state index in [4.69, 9.17) is 16.3 Å². The summed E-state index contributed by atoms with van der Waals surface area (Å²) in [5.74, 6) is 0.487. The van der Waals surface area contributed by atoms with Crippen molar-refractivity contribution in [3.8, 4) is 5.75 Å². The Morgan fingerprint density at radius 2 is 1.96 bits per heavy atom. The molecule has 0 bridgehead atoms. The van der Waals surface area contributed by atoms with E-state index in [1.807, 2.05) is 37.3 Å². The number of amides is 1. The van der Waals surface area contributed by atoms with Crippen LogP contribution in [0.15, 0.2) is 48.5 Å². The molecule has 2 aromatic carbocycles. The second kappa shape index (κ2) is 8.31. The highest BCUT2D eigenvalue weighted by atomic mass is 35.5. The average Bonchev–Trinajstić information content (AvgIpc) is 2.99. The lowest BCUT2D eigenvalue weighted by Gasteiger charge is -2.28. The fraction of sp³-hybridized carbons (Fsp3) is 0.350. The highest BCUT2D eigenvalue weighted by Gasteiger charge is 2.34. The molecule has 0 saturated carbocycles. The summed E-state index contributed by atoms with van der Waals surface area (Å²) < 4.78 is 29.5. The van der Waals surface area contributed by atoms with Crippen LogP contribution in [0.4, 0.5) is 0 Å². The zero-order chi connectivity index (χ0) is 19.4. The minimum Gasteiger partial charge on any atom is -0.483 e. The molecular formula is C20H22ClNO4S. The normalized spacial score (nSPS) is 18.2. The molecule has 0 aromatic heterocycles. The zero-order valence-electron chi connectivity index (χ0n) is 15.1. The third kappa shape index (κ3) is 5.23. The number of sulfone groups is 1. The lowest BCUT2D eigenvalue weighted by atomic mass is 10.1. The van der Waals surface area contributed by atoms with Crippen molar-refractivity contribution >= 4 is 27.3 Å². The molecule has 1 aliphatic rings. The monoisotopic (exact) mass is 407 g/mol. The maximum absolute atomic E-state index is 12.9. The molecule has 0 radical (unpaired) electrons. The van der Waals surface area contributed by atoms with Crippen LogP contribution in [0.3, 0.4) is 0 Å². The number of carbonyl (C=O) groups is 1. The highest BCUT2D eigenvalue weighted by molar-refractivity contribution is 7.91. The molecule has 1 saturated heterocycles. The van der Waals surface area contributed by atoms with Gasteiger partial charge < -0.3 is 9.64 Å². The van der Waals surface area contributed by atoms with Crippen LogP contribution in [0.1, 0.15) is 17.5 Å². The number of halogens is 1. The number of ether oxygens (including phenoxy) is 1. The molecule has 3 rings (SSSR count). The lowest BCUT2D eigenvalue weighted by molar-refractivity contribution is -0.136. The summed E-state index contributed by atoms with van der Waals surface area (Å²) in [5, 5.41) is 0.605. The zero-order valence-corrected chi connectivity index (χ0v) is 16.7. The Hall–Kier alpha value is -2.05. The van der Waals surface area contributed by atoms with E-state index in [0.29, 0.717) is 23.7 Å². The number of aryl methyl sites for hydroxylation is 1. The lowest BCUT2D eigenvalue weighted by Crippen LogP contribution is -2.43. The SMILES string of the molecule is Cc1cc(Cl)ccc1OCC(=O)N(Cc1ccccc1)C1CCS(=O)(=O)C1. The predicted molar refractivity (Wildman–Crippen MR) is 106 cm³/mol. The van der Waals surface area contributed by atoms with Crippen molar-refractivity contribution in [2.24, 2.45) is 0 Å². The quantitative estimate of drug-likeness (QED) is 0.737. The van der Waals surface area contributed by atoms with Crippen molar-refractivity contribution in [1.82, 2.24) is 4.90 Å². The van der Waals surface area contributed by atoms with Gasteiger partial charge in [-0.05, 0) is 42.7 Å². The topological polar surface area (TPSA) is 63.7 Å². The fourth-order valence-corrected chi connectivity index (χ4v) is 5.18. The van der Waals surface area contributed by atoms with Crippen molar-refractivity contribution in [2.45, 2.75) is 25.9 Å². The highest BCUT2D eigenvalue weighted by Crippen LogP contribution is 2.23. The molecule has 5 nitrogen and oxygen atoms in total. The summed E-state index contributed by atoms with van der Waals surface area (Å²) in [6.07, 6.45) is 0.459. The molecule has 1 heterocycles. The Morgan fingerprint density at radius 1 is 1.22 bits per heavy atom. The molecule has 1 fully saturated rings. The first-order chi connectivity index (χ1) is 12.8. The maximum atomic E-state index is 12.9. The first-order valence-corrected chi connectivity index (χ1v) is 11.0. The van der Waals surface area contributed by atoms with E-state index in [2.05, 4.69) is 0 Å². The van der Waals surface area contributed by atoms with Crippen molar-refractivity contribution in [3.05, 3.63) is 64.7 Å². The van der Waals surface area contributed by atoms with Gasteiger partial charge >= 0.3 is 0 Å². The summed E-state index contributed by atoms with van der Waals surface area (Å²) in [7, 11) is -3.09. The summed E-state index contributed by atoms with van der Waals surface area (Å²) >= 11 is 5.95. The van der Waals surface area contributed by atoms with Gasteiger partial charge in [0.15, 0.2) is 16.4 Å². The van der Waals surface area contributed by atoms with Gasteiger partial charge in [-0.15, -0.1) is 0 Å². The van der Waals surface area contributed by atoms with Gasteiger partial charge in [0.05, 0.1) is 11.5 Å². The van der Waals surface area contributed by atoms with Crippen LogP contribution in [0.25, 0.3) is 0 Å². The van der Waals surface area contributed by atoms with Gasteiger partial charge in [-0.1, -0.05) is 41.9 Å². The summed E-state index contributed by atoms with van der Waals surface area (Å²) in [5.41, 5.74) is 1.80. The third-order valence-corrected chi connectivity index (χ3v) is 6.64. The summed E-state index contributed by atoms with van der Waals surface area (Å²) in [6, 6.07) is 14.4. The summed E-state index contributed by atoms with van der Waals surface area (Å²) in [4.78, 5) is 14.5. The van der Waals surface area contributed by atoms with E-state index in [9.17, 15) is 13.2 Å². The molecule has 0 N–H and O–H groups in total. The Bertz CT molecular complexity index is 915. The van der Waals surface area contributed by atoms with Crippen LogP contribution in [0.2, 0.25) is 5.02 Å². The van der Waals surface area contributed by atoms with Gasteiger partial charge in [0.25, 0.3) is 5.91 Å². The van der Waals surface area contributed by atoms with Crippen molar-refractivity contribution in [2.75, 3.05) is 18.1 Å². The molecule has 2 aromatic rings. The smallest absolute Gasteiger partial charge is 0.261 e. The molecule has 1 atom stereocenters. The minimum atomic E-state index is -3.09. The molecule has 1 aliphatic heterocycles. The molecule has 144 valence electrons. The van der Waals surface area contributed by atoms with Crippen LogP contribution >= 0.6 is 11.6 Å². The van der Waals surface area contributed by atoms with Crippen LogP contribution in [0, 0.1) is 6.92 Å². The van der Waals surface area contributed by atoms with Crippen molar-refractivity contribution in [3.63, 3.8) is 0 Å². The van der Waals surface area contributed by atoms with Crippen LogP contribution < -0.4 is 4.74 Å². The number of carbonyl (C=O) groups excluding carboxylic acids is 1. The van der Waals surface area contributed by atoms with Gasteiger partial charge in [-0.25, -0.2) is 8.42 Å². The van der Waals surface area contributed by atoms with E-state index in [-0.39, 0.29) is 30.1 Å². The molecule has 1 unspecified atom stereocenters. The van der Waals surface area contributed by atoms with E-state index in [1.54, 1.807) is 23.1 Å². The van der Waals surface area contributed by atoms with Crippen LogP contribution in [-0.4, -0.2) is 43.4 Å². The van der Waals surface area contributed by atoms with E-state index >= 15 is 0 Å². The Kier molecular flexibility index (Phi) is 6.07. The number of hydrogen-bond acceptors (Lipinski definition) is 4. The predicted octanol–water partition coefficient (Wildman–Crippen LogP) is 3.24. The Labute approximate surface area is 164 Å². The average molecular weight is 408 g/mol. The largest absolute Gasteiger partial charge is 0.483 e. The molecule has 1 amide bonds. The van der Waals surface area contributed by atoms with Crippen molar-refractivity contribution in [1.29, 1.82) is 0 Å². The van der Waals surface area contributed by atoms with Gasteiger partial charge in [0, 0.05) is 17.6 Å². The van der Waals surface area contributed by atoms with Gasteiger partial charge in [0.1, 0.15) is 5.75 Å². The number of rotatable bonds is 6. The number of hydrogen-bond donors (Lipinski definition) is 0. The third-order valence-electron chi connectivity index (χ3n) is 4.65. The first-order valence-electron chi connectivity index (χ1n) is 8.77. The van der Waals surface area contributed by atoms with E-state index < -0.39 is 9.84 Å². The first kappa shape index (κ1) is 19.7. The van der Waals surface area contributed by atoms with Gasteiger partial charge in [-0.2, -0.15) is 0 Å². The minimum absolute atomic E-state index is 0.00550. The van der Waals surface area contributed by atoms with Crippen LogP contribution in [-0.2, 0) is 21.2 Å². The number of nitrogens with zero attached hydrogens (tertiary/aromatic N) is 1. The Balaban J connectivity index is 1.74. The summed E-state index contributed by atoms with van der Waals surface area (Å²) in [6.45, 7) is 2.08. The van der Waals surface area contributed by atoms with Gasteiger partial charge in [0.2, 0.25) is 0 Å². The standard InChI is InChI=1S/C20H22ClNO4S/c1-15-11-17(21)7-8-19(15)26-13-20(23)22(12-16-5-3-2-4-6-16)18-9-10-27(24,25)14-18/h2-8,11,18H,9-10,12-14H2,1H3. The second-order valence-electron chi connectivity index (χ2n) is 6.76.